The SMILES string of the molecule is CCOc1ccc(N2C(=O)/C(=C/c3ccc(F)cc3)N=C2SC)cc1. The van der Waals surface area contributed by atoms with Gasteiger partial charge in [-0.15, -0.1) is 0 Å². The van der Waals surface area contributed by atoms with Crippen molar-refractivity contribution in [3.8, 4) is 5.75 Å². The summed E-state index contributed by atoms with van der Waals surface area (Å²) in [4.78, 5) is 18.8. The van der Waals surface area contributed by atoms with E-state index in [1.54, 1.807) is 23.1 Å². The van der Waals surface area contributed by atoms with Gasteiger partial charge in [-0.3, -0.25) is 9.69 Å². The van der Waals surface area contributed by atoms with E-state index >= 15 is 0 Å². The second kappa shape index (κ2) is 7.53. The molecule has 0 spiro atoms. The zero-order valence-corrected chi connectivity index (χ0v) is 14.7. The number of anilines is 1. The van der Waals surface area contributed by atoms with Gasteiger partial charge in [0.15, 0.2) is 5.17 Å². The first-order valence-electron chi connectivity index (χ1n) is 7.79. The molecule has 1 heterocycles. The van der Waals surface area contributed by atoms with Gasteiger partial charge in [-0.05, 0) is 61.2 Å². The van der Waals surface area contributed by atoms with Gasteiger partial charge in [0.05, 0.1) is 12.3 Å². The van der Waals surface area contributed by atoms with Crippen molar-refractivity contribution in [3.63, 3.8) is 0 Å². The number of amides is 1. The van der Waals surface area contributed by atoms with Crippen LogP contribution in [0.5, 0.6) is 5.75 Å². The molecule has 3 rings (SSSR count). The molecule has 2 aromatic carbocycles. The van der Waals surface area contributed by atoms with Crippen LogP contribution < -0.4 is 9.64 Å². The van der Waals surface area contributed by atoms with E-state index in [4.69, 9.17) is 4.74 Å². The number of aliphatic imine (C=N–C) groups is 1. The Morgan fingerprint density at radius 2 is 1.84 bits per heavy atom. The Hall–Kier alpha value is -2.60. The molecule has 4 nitrogen and oxygen atoms in total. The fraction of sp³-hybridized carbons (Fsp3) is 0.158. The molecule has 2 aromatic rings. The molecule has 128 valence electrons. The molecule has 25 heavy (non-hydrogen) atoms. The number of ether oxygens (including phenoxy) is 1. The molecule has 0 radical (unpaired) electrons. The van der Waals surface area contributed by atoms with E-state index in [-0.39, 0.29) is 11.7 Å². The van der Waals surface area contributed by atoms with E-state index in [1.807, 2.05) is 37.4 Å². The fourth-order valence-corrected chi connectivity index (χ4v) is 3.00. The molecule has 0 atom stereocenters. The van der Waals surface area contributed by atoms with Crippen molar-refractivity contribution in [3.05, 3.63) is 65.6 Å². The van der Waals surface area contributed by atoms with Crippen LogP contribution in [0.25, 0.3) is 6.08 Å². The fourth-order valence-electron chi connectivity index (χ4n) is 2.44. The van der Waals surface area contributed by atoms with Crippen LogP contribution in [0.15, 0.2) is 59.2 Å². The van der Waals surface area contributed by atoms with Gasteiger partial charge in [0.25, 0.3) is 5.91 Å². The topological polar surface area (TPSA) is 41.9 Å². The Morgan fingerprint density at radius 3 is 2.44 bits per heavy atom. The molecule has 0 saturated carbocycles. The highest BCUT2D eigenvalue weighted by Gasteiger charge is 2.31. The molecular formula is C19H17FN2O2S. The lowest BCUT2D eigenvalue weighted by Crippen LogP contribution is -2.29. The summed E-state index contributed by atoms with van der Waals surface area (Å²) in [7, 11) is 0. The largest absolute Gasteiger partial charge is 0.494 e. The minimum atomic E-state index is -0.316. The minimum absolute atomic E-state index is 0.210. The Kier molecular flexibility index (Phi) is 5.19. The lowest BCUT2D eigenvalue weighted by atomic mass is 10.2. The number of rotatable bonds is 4. The van der Waals surface area contributed by atoms with Gasteiger partial charge in [-0.1, -0.05) is 23.9 Å². The number of nitrogens with zero attached hydrogens (tertiary/aromatic N) is 2. The van der Waals surface area contributed by atoms with Crippen molar-refractivity contribution in [2.45, 2.75) is 6.92 Å². The van der Waals surface area contributed by atoms with Crippen LogP contribution in [0.4, 0.5) is 10.1 Å². The van der Waals surface area contributed by atoms with Crippen molar-refractivity contribution in [2.75, 3.05) is 17.8 Å². The molecule has 6 heteroatoms. The summed E-state index contributed by atoms with van der Waals surface area (Å²) in [6, 6.07) is 13.2. The third kappa shape index (κ3) is 3.74. The summed E-state index contributed by atoms with van der Waals surface area (Å²) in [5.74, 6) is 0.227. The quantitative estimate of drug-likeness (QED) is 0.766. The van der Waals surface area contributed by atoms with Crippen molar-refractivity contribution in [1.29, 1.82) is 0 Å². The standard InChI is InChI=1S/C19H17FN2O2S/c1-3-24-16-10-8-15(9-11-16)22-18(23)17(21-19(22)25-2)12-13-4-6-14(20)7-5-13/h4-12H,3H2,1-2H3/b17-12-. The van der Waals surface area contributed by atoms with Gasteiger partial charge in [-0.2, -0.15) is 0 Å². The Morgan fingerprint density at radius 1 is 1.16 bits per heavy atom. The van der Waals surface area contributed by atoms with E-state index in [9.17, 15) is 9.18 Å². The van der Waals surface area contributed by atoms with Crippen LogP contribution >= 0.6 is 11.8 Å². The molecule has 0 N–H and O–H groups in total. The zero-order valence-electron chi connectivity index (χ0n) is 13.9. The highest BCUT2D eigenvalue weighted by molar-refractivity contribution is 8.13. The summed E-state index contributed by atoms with van der Waals surface area (Å²) >= 11 is 1.39. The molecule has 0 aromatic heterocycles. The second-order valence-electron chi connectivity index (χ2n) is 5.25. The third-order valence-electron chi connectivity index (χ3n) is 3.59. The predicted molar refractivity (Wildman–Crippen MR) is 100 cm³/mol. The maximum atomic E-state index is 13.0. The highest BCUT2D eigenvalue weighted by atomic mass is 32.2. The lowest BCUT2D eigenvalue weighted by Gasteiger charge is -2.17. The number of benzene rings is 2. The van der Waals surface area contributed by atoms with E-state index in [0.717, 1.165) is 17.0 Å². The number of carbonyl (C=O) groups excluding carboxylic acids is 1. The smallest absolute Gasteiger partial charge is 0.283 e. The second-order valence-corrected chi connectivity index (χ2v) is 6.02. The van der Waals surface area contributed by atoms with E-state index < -0.39 is 0 Å². The Labute approximate surface area is 150 Å². The summed E-state index contributed by atoms with van der Waals surface area (Å²) in [6.45, 7) is 2.51. The summed E-state index contributed by atoms with van der Waals surface area (Å²) in [5.41, 5.74) is 1.77. The number of hydrogen-bond acceptors (Lipinski definition) is 4. The molecular weight excluding hydrogens is 339 g/mol. The molecule has 0 bridgehead atoms. The monoisotopic (exact) mass is 356 g/mol. The van der Waals surface area contributed by atoms with Crippen LogP contribution in [0.2, 0.25) is 0 Å². The van der Waals surface area contributed by atoms with E-state index in [2.05, 4.69) is 4.99 Å². The van der Waals surface area contributed by atoms with Crippen LogP contribution in [0.1, 0.15) is 12.5 Å². The molecule has 0 aliphatic carbocycles. The summed E-state index contributed by atoms with van der Waals surface area (Å²) in [5, 5.41) is 0.600. The molecule has 0 fully saturated rings. The van der Waals surface area contributed by atoms with Crippen LogP contribution in [0, 0.1) is 5.82 Å². The third-order valence-corrected chi connectivity index (χ3v) is 4.23. The van der Waals surface area contributed by atoms with Gasteiger partial charge in [0, 0.05) is 0 Å². The van der Waals surface area contributed by atoms with Gasteiger partial charge >= 0.3 is 0 Å². The van der Waals surface area contributed by atoms with Gasteiger partial charge < -0.3 is 4.74 Å². The van der Waals surface area contributed by atoms with Crippen molar-refractivity contribution < 1.29 is 13.9 Å². The average molecular weight is 356 g/mol. The number of hydrogen-bond donors (Lipinski definition) is 0. The minimum Gasteiger partial charge on any atom is -0.494 e. The van der Waals surface area contributed by atoms with Crippen LogP contribution in [0.3, 0.4) is 0 Å². The number of carbonyl (C=O) groups is 1. The van der Waals surface area contributed by atoms with E-state index in [0.29, 0.717) is 17.5 Å². The van der Waals surface area contributed by atoms with E-state index in [1.165, 1.54) is 23.9 Å². The normalized spacial score (nSPS) is 15.6. The maximum absolute atomic E-state index is 13.0. The van der Waals surface area contributed by atoms with Crippen molar-refractivity contribution in [1.82, 2.24) is 0 Å². The Bertz CT molecular complexity index is 830. The molecule has 0 saturated heterocycles. The van der Waals surface area contributed by atoms with Crippen LogP contribution in [-0.2, 0) is 4.79 Å². The molecule has 1 aliphatic heterocycles. The van der Waals surface area contributed by atoms with Gasteiger partial charge in [0.2, 0.25) is 0 Å². The number of halogens is 1. The number of amidine groups is 1. The number of thioether (sulfide) groups is 1. The molecule has 0 unspecified atom stereocenters. The van der Waals surface area contributed by atoms with Gasteiger partial charge in [0.1, 0.15) is 17.3 Å². The predicted octanol–water partition coefficient (Wildman–Crippen LogP) is 4.33. The first kappa shape index (κ1) is 17.2. The maximum Gasteiger partial charge on any atom is 0.283 e. The molecule has 1 aliphatic rings. The summed E-state index contributed by atoms with van der Waals surface area (Å²) in [6.07, 6.45) is 3.53. The van der Waals surface area contributed by atoms with Gasteiger partial charge in [-0.25, -0.2) is 9.38 Å². The first-order valence-corrected chi connectivity index (χ1v) is 9.02. The zero-order chi connectivity index (χ0) is 17.8. The average Bonchev–Trinajstić information content (AvgIpc) is 2.94. The molecule has 1 amide bonds. The summed E-state index contributed by atoms with van der Waals surface area (Å²) < 4.78 is 18.5. The van der Waals surface area contributed by atoms with Crippen LogP contribution in [-0.4, -0.2) is 23.9 Å². The van der Waals surface area contributed by atoms with Crippen molar-refractivity contribution >= 4 is 34.6 Å². The highest BCUT2D eigenvalue weighted by Crippen LogP contribution is 2.29. The first-order chi connectivity index (χ1) is 12.1. The lowest BCUT2D eigenvalue weighted by molar-refractivity contribution is -0.113. The Balaban J connectivity index is 1.90. The van der Waals surface area contributed by atoms with Crippen molar-refractivity contribution in [2.24, 2.45) is 4.99 Å².